The van der Waals surface area contributed by atoms with Crippen molar-refractivity contribution < 1.29 is 0 Å². The van der Waals surface area contributed by atoms with Crippen molar-refractivity contribution >= 4 is 22.6 Å². The second-order valence-corrected chi connectivity index (χ2v) is 2.75. The summed E-state index contributed by atoms with van der Waals surface area (Å²) in [7, 11) is 0. The van der Waals surface area contributed by atoms with E-state index < -0.39 is 0 Å². The molecule has 0 aliphatic rings. The minimum absolute atomic E-state index is 0.748. The van der Waals surface area contributed by atoms with E-state index in [1.54, 1.807) is 0 Å². The molecule has 0 bridgehead atoms. The largest absolute Gasteiger partial charge is 0.192 e. The fourth-order valence-corrected chi connectivity index (χ4v) is 1.06. The summed E-state index contributed by atoms with van der Waals surface area (Å²) in [6.07, 6.45) is 0. The van der Waals surface area contributed by atoms with Crippen LogP contribution in [0.15, 0.2) is 24.3 Å². The van der Waals surface area contributed by atoms with E-state index in [-0.39, 0.29) is 0 Å². The molecule has 1 nitrogen and oxygen atoms in total. The van der Waals surface area contributed by atoms with E-state index in [0.29, 0.717) is 0 Å². The van der Waals surface area contributed by atoms with E-state index in [2.05, 4.69) is 28.7 Å². The van der Waals surface area contributed by atoms with Crippen LogP contribution in [0.5, 0.6) is 0 Å². The van der Waals surface area contributed by atoms with Crippen molar-refractivity contribution in [2.75, 3.05) is 0 Å². The molecule has 2 heteroatoms. The highest BCUT2D eigenvalue weighted by Gasteiger charge is 1.91. The van der Waals surface area contributed by atoms with Crippen molar-refractivity contribution in [1.29, 1.82) is 5.26 Å². The molecule has 13 heavy (non-hydrogen) atoms. The van der Waals surface area contributed by atoms with Crippen LogP contribution >= 0.6 is 22.6 Å². The molecular formula is C11H16IN. The Kier molecular flexibility index (Phi) is 13.1. The van der Waals surface area contributed by atoms with Crippen LogP contribution in [0.1, 0.15) is 33.3 Å². The lowest BCUT2D eigenvalue weighted by Crippen LogP contribution is -1.76. The first-order chi connectivity index (χ1) is 6.34. The van der Waals surface area contributed by atoms with Gasteiger partial charge >= 0.3 is 0 Å². The van der Waals surface area contributed by atoms with Gasteiger partial charge in [-0.25, -0.2) is 0 Å². The third-order valence-electron chi connectivity index (χ3n) is 0.994. The monoisotopic (exact) mass is 289 g/mol. The average Bonchev–Trinajstić information content (AvgIpc) is 2.24. The van der Waals surface area contributed by atoms with E-state index in [4.69, 9.17) is 5.26 Å². The molecule has 0 radical (unpaired) electrons. The summed E-state index contributed by atoms with van der Waals surface area (Å²) in [5.74, 6) is 0. The number of hydrogen-bond donors (Lipinski definition) is 0. The fourth-order valence-electron chi connectivity index (χ4n) is 0.552. The number of nitrogens with zero attached hydrogens (tertiary/aromatic N) is 1. The predicted molar refractivity (Wildman–Crippen MR) is 66.6 cm³/mol. The van der Waals surface area contributed by atoms with Crippen LogP contribution in [0.2, 0.25) is 0 Å². The van der Waals surface area contributed by atoms with Crippen LogP contribution in [0.3, 0.4) is 0 Å². The Morgan fingerprint density at radius 2 is 1.54 bits per heavy atom. The van der Waals surface area contributed by atoms with Crippen molar-refractivity contribution in [2.45, 2.75) is 27.7 Å². The standard InChI is InChI=1S/C7H4IN.2C2H6/c8-7-4-2-1-3-6(7)5-9;2*1-2/h1-4H;2*1-2H3. The Morgan fingerprint density at radius 1 is 1.08 bits per heavy atom. The summed E-state index contributed by atoms with van der Waals surface area (Å²) in [6.45, 7) is 8.00. The van der Waals surface area contributed by atoms with Gasteiger partial charge in [-0.2, -0.15) is 5.26 Å². The van der Waals surface area contributed by atoms with Gasteiger partial charge in [0, 0.05) is 3.57 Å². The van der Waals surface area contributed by atoms with Crippen LogP contribution in [0.4, 0.5) is 0 Å². The summed E-state index contributed by atoms with van der Waals surface area (Å²) < 4.78 is 1.01. The Labute approximate surface area is 94.9 Å². The predicted octanol–water partition coefficient (Wildman–Crippen LogP) is 4.22. The first-order valence-electron chi connectivity index (χ1n) is 4.49. The molecule has 0 amide bonds. The Morgan fingerprint density at radius 3 is 1.85 bits per heavy atom. The van der Waals surface area contributed by atoms with Crippen molar-refractivity contribution in [1.82, 2.24) is 0 Å². The molecule has 0 aromatic heterocycles. The molecule has 0 aliphatic heterocycles. The minimum atomic E-state index is 0.748. The molecule has 1 aromatic carbocycles. The normalized spacial score (nSPS) is 6.77. The van der Waals surface area contributed by atoms with Gasteiger partial charge in [0.1, 0.15) is 6.07 Å². The number of rotatable bonds is 0. The van der Waals surface area contributed by atoms with Gasteiger partial charge in [-0.3, -0.25) is 0 Å². The van der Waals surface area contributed by atoms with E-state index >= 15 is 0 Å². The van der Waals surface area contributed by atoms with E-state index in [1.807, 2.05) is 52.0 Å². The van der Waals surface area contributed by atoms with Crippen LogP contribution in [-0.4, -0.2) is 0 Å². The molecule has 1 rings (SSSR count). The molecule has 0 heterocycles. The number of halogens is 1. The SMILES string of the molecule is CC.CC.N#Cc1ccccc1I. The van der Waals surface area contributed by atoms with E-state index in [9.17, 15) is 0 Å². The zero-order chi connectivity index (χ0) is 10.7. The van der Waals surface area contributed by atoms with Crippen LogP contribution in [0.25, 0.3) is 0 Å². The quantitative estimate of drug-likeness (QED) is 0.656. The maximum absolute atomic E-state index is 8.46. The lowest BCUT2D eigenvalue weighted by Gasteiger charge is -1.88. The Balaban J connectivity index is 0. The second-order valence-electron chi connectivity index (χ2n) is 1.59. The topological polar surface area (TPSA) is 23.8 Å². The average molecular weight is 289 g/mol. The molecular weight excluding hydrogens is 273 g/mol. The third-order valence-corrected chi connectivity index (χ3v) is 1.93. The van der Waals surface area contributed by atoms with Gasteiger partial charge in [0.2, 0.25) is 0 Å². The summed E-state index contributed by atoms with van der Waals surface area (Å²) in [6, 6.07) is 9.59. The first kappa shape index (κ1) is 14.9. The summed E-state index contributed by atoms with van der Waals surface area (Å²) in [5.41, 5.74) is 0.748. The first-order valence-corrected chi connectivity index (χ1v) is 5.57. The van der Waals surface area contributed by atoms with Gasteiger partial charge in [0.05, 0.1) is 5.56 Å². The Bertz CT molecular complexity index is 251. The van der Waals surface area contributed by atoms with Gasteiger partial charge in [-0.1, -0.05) is 39.8 Å². The van der Waals surface area contributed by atoms with Crippen molar-refractivity contribution in [3.8, 4) is 6.07 Å². The summed E-state index contributed by atoms with van der Waals surface area (Å²) in [5, 5.41) is 8.46. The molecule has 0 atom stereocenters. The van der Waals surface area contributed by atoms with Crippen LogP contribution in [-0.2, 0) is 0 Å². The summed E-state index contributed by atoms with van der Waals surface area (Å²) >= 11 is 2.14. The third kappa shape index (κ3) is 6.59. The number of benzene rings is 1. The van der Waals surface area contributed by atoms with Crippen molar-refractivity contribution in [3.05, 3.63) is 33.4 Å². The van der Waals surface area contributed by atoms with Gasteiger partial charge in [-0.15, -0.1) is 0 Å². The molecule has 0 fully saturated rings. The molecule has 0 unspecified atom stereocenters. The van der Waals surface area contributed by atoms with Crippen LogP contribution < -0.4 is 0 Å². The van der Waals surface area contributed by atoms with Gasteiger partial charge in [-0.05, 0) is 34.7 Å². The molecule has 0 saturated heterocycles. The van der Waals surface area contributed by atoms with E-state index in [1.165, 1.54) is 0 Å². The highest BCUT2D eigenvalue weighted by atomic mass is 127. The van der Waals surface area contributed by atoms with Gasteiger partial charge < -0.3 is 0 Å². The van der Waals surface area contributed by atoms with Crippen molar-refractivity contribution in [3.63, 3.8) is 0 Å². The zero-order valence-electron chi connectivity index (χ0n) is 8.63. The Hall–Kier alpha value is -0.560. The number of nitriles is 1. The lowest BCUT2D eigenvalue weighted by molar-refractivity contribution is 1.46. The molecule has 0 spiro atoms. The highest BCUT2D eigenvalue weighted by Crippen LogP contribution is 2.08. The molecule has 0 aliphatic carbocycles. The van der Waals surface area contributed by atoms with Gasteiger partial charge in [0.25, 0.3) is 0 Å². The molecule has 0 N–H and O–H groups in total. The highest BCUT2D eigenvalue weighted by molar-refractivity contribution is 14.1. The van der Waals surface area contributed by atoms with E-state index in [0.717, 1.165) is 9.13 Å². The molecule has 1 aromatic rings. The fraction of sp³-hybridized carbons (Fsp3) is 0.364. The molecule has 72 valence electrons. The number of hydrogen-bond acceptors (Lipinski definition) is 1. The van der Waals surface area contributed by atoms with Gasteiger partial charge in [0.15, 0.2) is 0 Å². The van der Waals surface area contributed by atoms with Crippen molar-refractivity contribution in [2.24, 2.45) is 0 Å². The minimum Gasteiger partial charge on any atom is -0.192 e. The van der Waals surface area contributed by atoms with Crippen LogP contribution in [0, 0.1) is 14.9 Å². The maximum Gasteiger partial charge on any atom is 0.100 e. The molecule has 0 saturated carbocycles. The summed E-state index contributed by atoms with van der Waals surface area (Å²) in [4.78, 5) is 0. The maximum atomic E-state index is 8.46. The zero-order valence-corrected chi connectivity index (χ0v) is 10.8. The smallest absolute Gasteiger partial charge is 0.100 e. The lowest BCUT2D eigenvalue weighted by atomic mass is 10.2. The second kappa shape index (κ2) is 11.4.